The normalized spacial score (nSPS) is 13.5. The molecule has 0 spiro atoms. The summed E-state index contributed by atoms with van der Waals surface area (Å²) in [6.45, 7) is 3.36. The molecule has 0 saturated heterocycles. The molecule has 4 nitrogen and oxygen atoms in total. The van der Waals surface area contributed by atoms with Crippen LogP contribution in [0.3, 0.4) is 0 Å². The van der Waals surface area contributed by atoms with Crippen molar-refractivity contribution in [1.29, 1.82) is 0 Å². The number of anilines is 1. The molecule has 0 aliphatic heterocycles. The van der Waals surface area contributed by atoms with Crippen molar-refractivity contribution in [2.45, 2.75) is 19.4 Å². The zero-order valence-electron chi connectivity index (χ0n) is 12.2. The molecule has 0 radical (unpaired) electrons. The minimum absolute atomic E-state index is 0.230. The van der Waals surface area contributed by atoms with Crippen molar-refractivity contribution in [2.75, 3.05) is 12.3 Å². The van der Waals surface area contributed by atoms with Gasteiger partial charge >= 0.3 is 5.97 Å². The predicted molar refractivity (Wildman–Crippen MR) is 82.5 cm³/mol. The van der Waals surface area contributed by atoms with Crippen molar-refractivity contribution in [3.63, 3.8) is 0 Å². The van der Waals surface area contributed by atoms with Crippen LogP contribution in [0.25, 0.3) is 11.1 Å². The monoisotopic (exact) mass is 285 g/mol. The second-order valence-corrected chi connectivity index (χ2v) is 4.96. The van der Waals surface area contributed by atoms with E-state index in [9.17, 15) is 9.90 Å². The summed E-state index contributed by atoms with van der Waals surface area (Å²) in [6.07, 6.45) is 0. The van der Waals surface area contributed by atoms with Gasteiger partial charge in [0.2, 0.25) is 0 Å². The van der Waals surface area contributed by atoms with Crippen LogP contribution in [0.5, 0.6) is 0 Å². The Morgan fingerprint density at radius 2 is 1.81 bits per heavy atom. The average molecular weight is 285 g/mol. The summed E-state index contributed by atoms with van der Waals surface area (Å²) in [7, 11) is 0. The summed E-state index contributed by atoms with van der Waals surface area (Å²) in [4.78, 5) is 11.8. The molecule has 4 heteroatoms. The van der Waals surface area contributed by atoms with Crippen LogP contribution >= 0.6 is 0 Å². The van der Waals surface area contributed by atoms with Crippen LogP contribution in [0.15, 0.2) is 48.5 Å². The van der Waals surface area contributed by atoms with Crippen molar-refractivity contribution in [1.82, 2.24) is 0 Å². The number of nitrogens with two attached hydrogens (primary N) is 1. The summed E-state index contributed by atoms with van der Waals surface area (Å²) in [6, 6.07) is 14.6. The highest BCUT2D eigenvalue weighted by Gasteiger charge is 2.33. The van der Waals surface area contributed by atoms with Crippen molar-refractivity contribution in [3.05, 3.63) is 54.1 Å². The Morgan fingerprint density at radius 3 is 2.38 bits per heavy atom. The molecule has 0 aliphatic carbocycles. The lowest BCUT2D eigenvalue weighted by molar-refractivity contribution is -0.164. The number of hydrogen-bond acceptors (Lipinski definition) is 4. The van der Waals surface area contributed by atoms with Gasteiger partial charge in [-0.2, -0.15) is 0 Å². The van der Waals surface area contributed by atoms with Crippen molar-refractivity contribution in [3.8, 4) is 11.1 Å². The van der Waals surface area contributed by atoms with Gasteiger partial charge in [-0.3, -0.25) is 0 Å². The number of aliphatic hydroxyl groups is 1. The third kappa shape index (κ3) is 3.06. The highest BCUT2D eigenvalue weighted by Crippen LogP contribution is 2.29. The van der Waals surface area contributed by atoms with Crippen molar-refractivity contribution < 1.29 is 14.6 Å². The van der Waals surface area contributed by atoms with E-state index in [2.05, 4.69) is 0 Å². The van der Waals surface area contributed by atoms with Gasteiger partial charge in [0.15, 0.2) is 5.60 Å². The van der Waals surface area contributed by atoms with E-state index in [-0.39, 0.29) is 6.61 Å². The zero-order valence-corrected chi connectivity index (χ0v) is 12.2. The number of esters is 1. The smallest absolute Gasteiger partial charge is 0.342 e. The van der Waals surface area contributed by atoms with Crippen LogP contribution in [0.4, 0.5) is 5.69 Å². The van der Waals surface area contributed by atoms with Gasteiger partial charge in [-0.05, 0) is 31.0 Å². The maximum Gasteiger partial charge on any atom is 0.342 e. The first-order chi connectivity index (χ1) is 9.96. The topological polar surface area (TPSA) is 72.5 Å². The van der Waals surface area contributed by atoms with Crippen LogP contribution in [0.2, 0.25) is 0 Å². The molecule has 2 aromatic carbocycles. The van der Waals surface area contributed by atoms with Crippen LogP contribution in [0, 0.1) is 0 Å². The Morgan fingerprint density at radius 1 is 1.19 bits per heavy atom. The number of para-hydroxylation sites is 1. The van der Waals surface area contributed by atoms with Crippen LogP contribution in [0.1, 0.15) is 19.4 Å². The number of carbonyl (C=O) groups is 1. The number of hydrogen-bond donors (Lipinski definition) is 2. The first-order valence-electron chi connectivity index (χ1n) is 6.82. The summed E-state index contributed by atoms with van der Waals surface area (Å²) < 4.78 is 4.89. The molecule has 0 saturated carbocycles. The molecule has 0 bridgehead atoms. The van der Waals surface area contributed by atoms with Crippen LogP contribution in [-0.4, -0.2) is 17.7 Å². The van der Waals surface area contributed by atoms with E-state index < -0.39 is 11.6 Å². The van der Waals surface area contributed by atoms with E-state index in [4.69, 9.17) is 10.5 Å². The second kappa shape index (κ2) is 5.97. The van der Waals surface area contributed by atoms with Gasteiger partial charge in [-0.25, -0.2) is 4.79 Å². The lowest BCUT2D eigenvalue weighted by atomic mass is 9.93. The van der Waals surface area contributed by atoms with E-state index in [1.807, 2.05) is 36.4 Å². The van der Waals surface area contributed by atoms with E-state index in [0.29, 0.717) is 11.3 Å². The summed E-state index contributed by atoms with van der Waals surface area (Å²) >= 11 is 0. The fourth-order valence-corrected chi connectivity index (χ4v) is 2.12. The van der Waals surface area contributed by atoms with Crippen LogP contribution in [-0.2, 0) is 15.1 Å². The van der Waals surface area contributed by atoms with Crippen molar-refractivity contribution in [2.24, 2.45) is 0 Å². The fourth-order valence-electron chi connectivity index (χ4n) is 2.12. The number of rotatable bonds is 4. The molecular formula is C17H19NO3. The molecular weight excluding hydrogens is 266 g/mol. The van der Waals surface area contributed by atoms with Gasteiger partial charge in [0.1, 0.15) is 0 Å². The molecule has 3 N–H and O–H groups in total. The lowest BCUT2D eigenvalue weighted by Crippen LogP contribution is -2.34. The minimum atomic E-state index is -1.66. The molecule has 0 aliphatic rings. The van der Waals surface area contributed by atoms with Crippen molar-refractivity contribution >= 4 is 11.7 Å². The lowest BCUT2D eigenvalue weighted by Gasteiger charge is -2.21. The second-order valence-electron chi connectivity index (χ2n) is 4.96. The third-order valence-corrected chi connectivity index (χ3v) is 3.39. The SMILES string of the molecule is CCOC(=O)C(C)(O)c1ccc(-c2ccccc2N)cc1. The Labute approximate surface area is 124 Å². The molecule has 0 amide bonds. The Kier molecular flexibility index (Phi) is 4.29. The van der Waals surface area contributed by atoms with E-state index in [1.54, 1.807) is 19.1 Å². The molecule has 0 aromatic heterocycles. The number of ether oxygens (including phenoxy) is 1. The molecule has 110 valence electrons. The molecule has 2 aromatic rings. The Bertz CT molecular complexity index is 633. The highest BCUT2D eigenvalue weighted by molar-refractivity contribution is 5.81. The molecule has 0 heterocycles. The number of nitrogen functional groups attached to an aromatic ring is 1. The van der Waals surface area contributed by atoms with Gasteiger partial charge in [0.05, 0.1) is 6.61 Å². The predicted octanol–water partition coefficient (Wildman–Crippen LogP) is 2.71. The van der Waals surface area contributed by atoms with Crippen LogP contribution < -0.4 is 5.73 Å². The quantitative estimate of drug-likeness (QED) is 0.669. The first-order valence-corrected chi connectivity index (χ1v) is 6.82. The maximum absolute atomic E-state index is 11.8. The third-order valence-electron chi connectivity index (χ3n) is 3.39. The van der Waals surface area contributed by atoms with Gasteiger partial charge in [-0.1, -0.05) is 42.5 Å². The minimum Gasteiger partial charge on any atom is -0.464 e. The first kappa shape index (κ1) is 15.1. The van der Waals surface area contributed by atoms with Gasteiger partial charge in [0.25, 0.3) is 0 Å². The van der Waals surface area contributed by atoms with E-state index in [0.717, 1.165) is 11.1 Å². The zero-order chi connectivity index (χ0) is 15.5. The maximum atomic E-state index is 11.8. The Balaban J connectivity index is 2.31. The standard InChI is InChI=1S/C17H19NO3/c1-3-21-16(19)17(2,20)13-10-8-12(9-11-13)14-6-4-5-7-15(14)18/h4-11,20H,3,18H2,1-2H3. The highest BCUT2D eigenvalue weighted by atomic mass is 16.5. The molecule has 0 fully saturated rings. The Hall–Kier alpha value is -2.33. The van der Waals surface area contributed by atoms with E-state index in [1.165, 1.54) is 6.92 Å². The van der Waals surface area contributed by atoms with Gasteiger partial charge < -0.3 is 15.6 Å². The largest absolute Gasteiger partial charge is 0.464 e. The summed E-state index contributed by atoms with van der Waals surface area (Å²) in [5.74, 6) is -0.656. The van der Waals surface area contributed by atoms with Gasteiger partial charge in [0, 0.05) is 11.3 Å². The number of benzene rings is 2. The summed E-state index contributed by atoms with van der Waals surface area (Å²) in [5.41, 5.74) is 7.30. The molecule has 1 unspecified atom stereocenters. The number of carbonyl (C=O) groups excluding carboxylic acids is 1. The summed E-state index contributed by atoms with van der Waals surface area (Å²) in [5, 5.41) is 10.3. The average Bonchev–Trinajstić information content (AvgIpc) is 2.48. The molecule has 1 atom stereocenters. The van der Waals surface area contributed by atoms with Gasteiger partial charge in [-0.15, -0.1) is 0 Å². The van der Waals surface area contributed by atoms with E-state index >= 15 is 0 Å². The molecule has 21 heavy (non-hydrogen) atoms. The molecule has 2 rings (SSSR count). The fraction of sp³-hybridized carbons (Fsp3) is 0.235.